The molecule has 33 heavy (non-hydrogen) atoms. The summed E-state index contributed by atoms with van der Waals surface area (Å²) < 4.78 is 10.7. The summed E-state index contributed by atoms with van der Waals surface area (Å²) >= 11 is 0. The van der Waals surface area contributed by atoms with Crippen LogP contribution < -0.4 is 20.7 Å². The Morgan fingerprint density at radius 3 is 2.45 bits per heavy atom. The molecule has 3 N–H and O–H groups in total. The molecule has 8 nitrogen and oxygen atoms in total. The Labute approximate surface area is 211 Å². The lowest BCUT2D eigenvalue weighted by Crippen LogP contribution is -2.43. The van der Waals surface area contributed by atoms with E-state index >= 15 is 0 Å². The molecule has 0 aliphatic rings. The van der Waals surface area contributed by atoms with Crippen molar-refractivity contribution in [3.63, 3.8) is 0 Å². The van der Waals surface area contributed by atoms with Crippen molar-refractivity contribution in [2.45, 2.75) is 26.9 Å². The van der Waals surface area contributed by atoms with E-state index in [2.05, 4.69) is 25.9 Å². The van der Waals surface area contributed by atoms with Gasteiger partial charge in [0.1, 0.15) is 17.7 Å². The summed E-state index contributed by atoms with van der Waals surface area (Å²) in [6, 6.07) is 15.6. The van der Waals surface area contributed by atoms with Crippen molar-refractivity contribution in [1.82, 2.24) is 20.9 Å². The number of carbonyl (C=O) groups excluding carboxylic acids is 1. The third-order valence-electron chi connectivity index (χ3n) is 4.66. The summed E-state index contributed by atoms with van der Waals surface area (Å²) in [6.45, 7) is 5.56. The Morgan fingerprint density at radius 1 is 1.06 bits per heavy atom. The van der Waals surface area contributed by atoms with E-state index in [1.165, 1.54) is 5.56 Å². The number of amides is 1. The van der Waals surface area contributed by atoms with Gasteiger partial charge in [-0.1, -0.05) is 29.8 Å². The quantitative estimate of drug-likeness (QED) is 0.209. The highest BCUT2D eigenvalue weighted by Gasteiger charge is 2.08. The van der Waals surface area contributed by atoms with Crippen molar-refractivity contribution >= 4 is 35.8 Å². The summed E-state index contributed by atoms with van der Waals surface area (Å²) in [6.07, 6.45) is 1.60. The molecule has 0 saturated heterocycles. The molecule has 3 aromatic rings. The molecular formula is C24H30IN5O3. The van der Waals surface area contributed by atoms with Crippen molar-refractivity contribution < 1.29 is 13.9 Å². The number of nitrogens with one attached hydrogen (secondary N) is 3. The van der Waals surface area contributed by atoms with Gasteiger partial charge in [-0.3, -0.25) is 4.79 Å². The monoisotopic (exact) mass is 563 g/mol. The van der Waals surface area contributed by atoms with E-state index in [1.54, 1.807) is 13.4 Å². The van der Waals surface area contributed by atoms with Gasteiger partial charge in [0, 0.05) is 18.7 Å². The number of ether oxygens (including phenoxy) is 1. The predicted molar refractivity (Wildman–Crippen MR) is 140 cm³/mol. The van der Waals surface area contributed by atoms with Crippen molar-refractivity contribution in [3.05, 3.63) is 71.6 Å². The Hall–Kier alpha value is -3.08. The first-order valence-corrected chi connectivity index (χ1v) is 10.5. The first-order valence-electron chi connectivity index (χ1n) is 10.5. The van der Waals surface area contributed by atoms with Crippen molar-refractivity contribution in [2.75, 3.05) is 20.2 Å². The van der Waals surface area contributed by atoms with Gasteiger partial charge in [-0.15, -0.1) is 24.0 Å². The summed E-state index contributed by atoms with van der Waals surface area (Å²) in [5.41, 5.74) is 3.81. The van der Waals surface area contributed by atoms with E-state index in [0.29, 0.717) is 37.2 Å². The fraction of sp³-hybridized carbons (Fsp3) is 0.292. The van der Waals surface area contributed by atoms with Crippen molar-refractivity contribution in [3.8, 4) is 17.2 Å². The molecule has 3 rings (SSSR count). The number of aromatic nitrogens is 1. The van der Waals surface area contributed by atoms with Crippen molar-refractivity contribution in [1.29, 1.82) is 0 Å². The Morgan fingerprint density at radius 2 is 1.79 bits per heavy atom. The topological polar surface area (TPSA) is 101 Å². The maximum absolute atomic E-state index is 12.2. The smallest absolute Gasteiger partial charge is 0.239 e. The van der Waals surface area contributed by atoms with E-state index < -0.39 is 0 Å². The highest BCUT2D eigenvalue weighted by Crippen LogP contribution is 2.19. The van der Waals surface area contributed by atoms with Crippen LogP contribution in [-0.4, -0.2) is 37.1 Å². The average Bonchev–Trinajstić information content (AvgIpc) is 3.29. The molecule has 0 saturated carbocycles. The molecule has 0 spiro atoms. The van der Waals surface area contributed by atoms with Crippen LogP contribution in [0.25, 0.3) is 11.5 Å². The number of halogens is 1. The first kappa shape index (κ1) is 26.2. The molecule has 0 atom stereocenters. The normalized spacial score (nSPS) is 10.8. The van der Waals surface area contributed by atoms with Crippen LogP contribution >= 0.6 is 24.0 Å². The number of hydrogen-bond donors (Lipinski definition) is 3. The van der Waals surface area contributed by atoms with Crippen LogP contribution in [0.3, 0.4) is 0 Å². The lowest BCUT2D eigenvalue weighted by atomic mass is 10.1. The maximum atomic E-state index is 12.2. The Balaban J connectivity index is 0.00000385. The molecule has 1 heterocycles. The summed E-state index contributed by atoms with van der Waals surface area (Å²) in [7, 11) is 1.62. The van der Waals surface area contributed by atoms with E-state index in [1.807, 2.05) is 62.4 Å². The van der Waals surface area contributed by atoms with Gasteiger partial charge in [0.25, 0.3) is 0 Å². The third-order valence-corrected chi connectivity index (χ3v) is 4.66. The molecule has 1 amide bonds. The minimum atomic E-state index is -0.130. The maximum Gasteiger partial charge on any atom is 0.239 e. The summed E-state index contributed by atoms with van der Waals surface area (Å²) in [5.74, 6) is 1.75. The number of aliphatic imine (C=N–C) groups is 1. The van der Waals surface area contributed by atoms with Gasteiger partial charge in [-0.05, 0) is 43.7 Å². The fourth-order valence-corrected chi connectivity index (χ4v) is 2.88. The number of oxazole rings is 1. The lowest BCUT2D eigenvalue weighted by Gasteiger charge is -2.11. The Kier molecular flexibility index (Phi) is 10.7. The van der Waals surface area contributed by atoms with E-state index in [4.69, 9.17) is 9.15 Å². The van der Waals surface area contributed by atoms with Gasteiger partial charge in [0.05, 0.1) is 20.2 Å². The molecule has 0 bridgehead atoms. The number of rotatable bonds is 9. The standard InChI is InChI=1S/C24H29N5O3.HI/c1-4-25-24(28-15-22(30)26-13-18-7-11-21(31-3)12-8-18)27-14-20-16-32-23(29-20)19-9-5-17(2)6-10-19;/h5-12,16H,4,13-15H2,1-3H3,(H,26,30)(H2,25,27,28);1H. The second-order valence-corrected chi connectivity index (χ2v) is 7.18. The van der Waals surface area contributed by atoms with Gasteiger partial charge in [0.15, 0.2) is 5.96 Å². The van der Waals surface area contributed by atoms with Gasteiger partial charge in [-0.2, -0.15) is 0 Å². The fourth-order valence-electron chi connectivity index (χ4n) is 2.88. The minimum absolute atomic E-state index is 0. The summed E-state index contributed by atoms with van der Waals surface area (Å²) in [4.78, 5) is 21.2. The number of aryl methyl sites for hydroxylation is 1. The van der Waals surface area contributed by atoms with Crippen molar-refractivity contribution in [2.24, 2.45) is 4.99 Å². The number of guanidine groups is 1. The van der Waals surface area contributed by atoms with Gasteiger partial charge >= 0.3 is 0 Å². The molecule has 0 aliphatic heterocycles. The molecule has 1 aromatic heterocycles. The van der Waals surface area contributed by atoms with E-state index in [9.17, 15) is 4.79 Å². The third kappa shape index (κ3) is 8.41. The van der Waals surface area contributed by atoms with E-state index in [-0.39, 0.29) is 36.4 Å². The second-order valence-electron chi connectivity index (χ2n) is 7.18. The molecule has 0 fully saturated rings. The average molecular weight is 563 g/mol. The zero-order chi connectivity index (χ0) is 22.8. The molecule has 0 aliphatic carbocycles. The van der Waals surface area contributed by atoms with Crippen LogP contribution in [0, 0.1) is 6.92 Å². The second kappa shape index (κ2) is 13.5. The van der Waals surface area contributed by atoms with Crippen LogP contribution in [0.4, 0.5) is 0 Å². The summed E-state index contributed by atoms with van der Waals surface area (Å²) in [5, 5.41) is 9.05. The zero-order valence-corrected chi connectivity index (χ0v) is 21.4. The number of methoxy groups -OCH3 is 1. The molecule has 0 unspecified atom stereocenters. The molecular weight excluding hydrogens is 533 g/mol. The number of hydrogen-bond acceptors (Lipinski definition) is 5. The number of benzene rings is 2. The predicted octanol–water partition coefficient (Wildman–Crippen LogP) is 3.65. The van der Waals surface area contributed by atoms with Crippen LogP contribution in [0.2, 0.25) is 0 Å². The van der Waals surface area contributed by atoms with Crippen LogP contribution in [-0.2, 0) is 17.9 Å². The van der Waals surface area contributed by atoms with E-state index in [0.717, 1.165) is 16.9 Å². The molecule has 176 valence electrons. The SMILES string of the molecule is CCNC(=NCc1coc(-c2ccc(C)cc2)n1)NCC(=O)NCc1ccc(OC)cc1.I. The van der Waals surface area contributed by atoms with Crippen LogP contribution in [0.15, 0.2) is 64.2 Å². The first-order chi connectivity index (χ1) is 15.6. The Bertz CT molecular complexity index is 1030. The highest BCUT2D eigenvalue weighted by molar-refractivity contribution is 14.0. The molecule has 2 aromatic carbocycles. The van der Waals surface area contributed by atoms with Gasteiger partial charge in [-0.25, -0.2) is 9.98 Å². The number of carbonyl (C=O) groups is 1. The highest BCUT2D eigenvalue weighted by atomic mass is 127. The largest absolute Gasteiger partial charge is 0.497 e. The van der Waals surface area contributed by atoms with Gasteiger partial charge in [0.2, 0.25) is 11.8 Å². The number of nitrogens with zero attached hydrogens (tertiary/aromatic N) is 2. The minimum Gasteiger partial charge on any atom is -0.497 e. The molecule has 9 heteroatoms. The lowest BCUT2D eigenvalue weighted by molar-refractivity contribution is -0.120. The van der Waals surface area contributed by atoms with Crippen LogP contribution in [0.5, 0.6) is 5.75 Å². The molecule has 0 radical (unpaired) electrons. The van der Waals surface area contributed by atoms with Gasteiger partial charge < -0.3 is 25.1 Å². The zero-order valence-electron chi connectivity index (χ0n) is 19.1. The van der Waals surface area contributed by atoms with Crippen LogP contribution in [0.1, 0.15) is 23.7 Å².